The molecule has 6 heteroatoms. The summed E-state index contributed by atoms with van der Waals surface area (Å²) < 4.78 is 5.18. The van der Waals surface area contributed by atoms with Crippen LogP contribution in [-0.4, -0.2) is 27.4 Å². The summed E-state index contributed by atoms with van der Waals surface area (Å²) in [6.45, 7) is 5.42. The van der Waals surface area contributed by atoms with Crippen molar-refractivity contribution < 1.29 is 14.3 Å². The largest absolute Gasteiger partial charge is 0.457 e. The maximum absolute atomic E-state index is 12.0. The number of nitrogens with zero attached hydrogens (tertiary/aromatic N) is 2. The van der Waals surface area contributed by atoms with Gasteiger partial charge < -0.3 is 10.1 Å². The van der Waals surface area contributed by atoms with Gasteiger partial charge in [0.05, 0.1) is 5.56 Å². The Labute approximate surface area is 140 Å². The highest BCUT2D eigenvalue weighted by Gasteiger charge is 2.13. The highest BCUT2D eigenvalue weighted by molar-refractivity contribution is 6.03. The van der Waals surface area contributed by atoms with Crippen molar-refractivity contribution >= 4 is 23.8 Å². The quantitative estimate of drug-likeness (QED) is 0.690. The minimum absolute atomic E-state index is 0.285. The maximum Gasteiger partial charge on any atom is 0.331 e. The fourth-order valence-corrected chi connectivity index (χ4v) is 1.76. The zero-order valence-corrected chi connectivity index (χ0v) is 13.8. The number of aromatic nitrogens is 2. The first-order chi connectivity index (χ1) is 11.3. The highest BCUT2D eigenvalue weighted by Crippen LogP contribution is 2.10. The Kier molecular flexibility index (Phi) is 5.42. The fourth-order valence-electron chi connectivity index (χ4n) is 1.76. The summed E-state index contributed by atoms with van der Waals surface area (Å²) in [4.78, 5) is 31.6. The van der Waals surface area contributed by atoms with Gasteiger partial charge in [0, 0.05) is 24.7 Å². The SMILES string of the molecule is CC(C)(C)OC(=O)/C=C/c1ccc(NC(=O)c2cccnc2)nc1. The summed E-state index contributed by atoms with van der Waals surface area (Å²) in [6, 6.07) is 6.75. The molecule has 2 heterocycles. The van der Waals surface area contributed by atoms with E-state index in [2.05, 4.69) is 15.3 Å². The van der Waals surface area contributed by atoms with Gasteiger partial charge in [0.1, 0.15) is 11.4 Å². The third-order valence-corrected chi connectivity index (χ3v) is 2.77. The lowest BCUT2D eigenvalue weighted by Crippen LogP contribution is -2.22. The van der Waals surface area contributed by atoms with Gasteiger partial charge >= 0.3 is 5.97 Å². The molecule has 0 aliphatic carbocycles. The molecule has 0 fully saturated rings. The number of nitrogens with one attached hydrogen (secondary N) is 1. The van der Waals surface area contributed by atoms with Gasteiger partial charge in [-0.25, -0.2) is 9.78 Å². The summed E-state index contributed by atoms with van der Waals surface area (Å²) in [5.41, 5.74) is 0.647. The Morgan fingerprint density at radius 3 is 2.54 bits per heavy atom. The number of carbonyl (C=O) groups excluding carboxylic acids is 2. The molecule has 0 aromatic carbocycles. The molecule has 0 aliphatic rings. The van der Waals surface area contributed by atoms with Crippen LogP contribution in [0.3, 0.4) is 0 Å². The summed E-state index contributed by atoms with van der Waals surface area (Å²) in [7, 11) is 0. The molecule has 0 saturated heterocycles. The van der Waals surface area contributed by atoms with Crippen molar-refractivity contribution in [3.63, 3.8) is 0 Å². The fraction of sp³-hybridized carbons (Fsp3) is 0.222. The van der Waals surface area contributed by atoms with Crippen LogP contribution in [-0.2, 0) is 9.53 Å². The second-order valence-corrected chi connectivity index (χ2v) is 6.04. The number of hydrogen-bond donors (Lipinski definition) is 1. The van der Waals surface area contributed by atoms with Gasteiger partial charge in [0.25, 0.3) is 5.91 Å². The molecule has 2 aromatic heterocycles. The van der Waals surface area contributed by atoms with E-state index in [1.807, 2.05) is 0 Å². The van der Waals surface area contributed by atoms with Crippen molar-refractivity contribution in [2.75, 3.05) is 5.32 Å². The zero-order chi connectivity index (χ0) is 17.6. The van der Waals surface area contributed by atoms with Crippen molar-refractivity contribution in [3.8, 4) is 0 Å². The molecular formula is C18H19N3O3. The topological polar surface area (TPSA) is 81.2 Å². The van der Waals surface area contributed by atoms with Crippen LogP contribution in [0.1, 0.15) is 36.7 Å². The molecule has 0 bridgehead atoms. The number of esters is 1. The molecule has 24 heavy (non-hydrogen) atoms. The second kappa shape index (κ2) is 7.50. The molecule has 2 rings (SSSR count). The average Bonchev–Trinajstić information content (AvgIpc) is 2.53. The zero-order valence-electron chi connectivity index (χ0n) is 13.8. The van der Waals surface area contributed by atoms with Crippen molar-refractivity contribution in [3.05, 3.63) is 60.1 Å². The lowest BCUT2D eigenvalue weighted by atomic mass is 10.2. The molecule has 2 aromatic rings. The van der Waals surface area contributed by atoms with Crippen molar-refractivity contribution in [2.24, 2.45) is 0 Å². The van der Waals surface area contributed by atoms with Gasteiger partial charge in [-0.2, -0.15) is 0 Å². The van der Waals surface area contributed by atoms with Crippen molar-refractivity contribution in [1.82, 2.24) is 9.97 Å². The van der Waals surface area contributed by atoms with E-state index in [0.29, 0.717) is 11.4 Å². The number of hydrogen-bond acceptors (Lipinski definition) is 5. The lowest BCUT2D eigenvalue weighted by molar-refractivity contribution is -0.148. The molecule has 1 N–H and O–H groups in total. The molecule has 0 radical (unpaired) electrons. The lowest BCUT2D eigenvalue weighted by Gasteiger charge is -2.17. The average molecular weight is 325 g/mol. The summed E-state index contributed by atoms with van der Waals surface area (Å²) in [5.74, 6) is -0.289. The van der Waals surface area contributed by atoms with E-state index >= 15 is 0 Å². The van der Waals surface area contributed by atoms with Crippen LogP contribution in [0.25, 0.3) is 6.08 Å². The van der Waals surface area contributed by atoms with Crippen molar-refractivity contribution in [2.45, 2.75) is 26.4 Å². The Morgan fingerprint density at radius 1 is 1.17 bits per heavy atom. The smallest absolute Gasteiger partial charge is 0.331 e. The van der Waals surface area contributed by atoms with Crippen LogP contribution in [0.5, 0.6) is 0 Å². The number of carbonyl (C=O) groups is 2. The number of rotatable bonds is 4. The molecule has 1 amide bonds. The van der Waals surface area contributed by atoms with E-state index < -0.39 is 11.6 Å². The van der Waals surface area contributed by atoms with Gasteiger partial charge in [-0.15, -0.1) is 0 Å². The first kappa shape index (κ1) is 17.3. The standard InChI is InChI=1S/C18H19N3O3/c1-18(2,3)24-16(22)9-7-13-6-8-15(20-11-13)21-17(23)14-5-4-10-19-12-14/h4-12H,1-3H3,(H,20,21,23)/b9-7+. The minimum Gasteiger partial charge on any atom is -0.457 e. The van der Waals surface area contributed by atoms with Gasteiger partial charge in [-0.3, -0.25) is 9.78 Å². The number of amides is 1. The third kappa shape index (κ3) is 5.64. The monoisotopic (exact) mass is 325 g/mol. The minimum atomic E-state index is -0.528. The van der Waals surface area contributed by atoms with Crippen molar-refractivity contribution in [1.29, 1.82) is 0 Å². The first-order valence-corrected chi connectivity index (χ1v) is 7.42. The van der Waals surface area contributed by atoms with Crippen LogP contribution in [0, 0.1) is 0 Å². The van der Waals surface area contributed by atoms with E-state index in [0.717, 1.165) is 5.56 Å². The number of pyridine rings is 2. The third-order valence-electron chi connectivity index (χ3n) is 2.77. The van der Waals surface area contributed by atoms with E-state index in [9.17, 15) is 9.59 Å². The summed E-state index contributed by atoms with van der Waals surface area (Å²) in [6.07, 6.45) is 7.58. The van der Waals surface area contributed by atoms with Gasteiger partial charge in [-0.05, 0) is 56.7 Å². The van der Waals surface area contributed by atoms with E-state index in [1.165, 1.54) is 12.3 Å². The normalized spacial score (nSPS) is 11.3. The predicted molar refractivity (Wildman–Crippen MR) is 91.3 cm³/mol. The molecular weight excluding hydrogens is 306 g/mol. The van der Waals surface area contributed by atoms with Gasteiger partial charge in [0.15, 0.2) is 0 Å². The van der Waals surface area contributed by atoms with E-state index in [-0.39, 0.29) is 5.91 Å². The second-order valence-electron chi connectivity index (χ2n) is 6.04. The molecule has 0 unspecified atom stereocenters. The molecule has 0 aliphatic heterocycles. The molecule has 0 atom stereocenters. The predicted octanol–water partition coefficient (Wildman–Crippen LogP) is 3.08. The van der Waals surface area contributed by atoms with Gasteiger partial charge in [0.2, 0.25) is 0 Å². The number of ether oxygens (including phenoxy) is 1. The molecule has 124 valence electrons. The van der Waals surface area contributed by atoms with E-state index in [1.54, 1.807) is 63.5 Å². The molecule has 0 saturated carbocycles. The Balaban J connectivity index is 1.96. The Hall–Kier alpha value is -3.02. The van der Waals surface area contributed by atoms with Crippen LogP contribution in [0.4, 0.5) is 5.82 Å². The molecule has 6 nitrogen and oxygen atoms in total. The van der Waals surface area contributed by atoms with Gasteiger partial charge in [-0.1, -0.05) is 0 Å². The highest BCUT2D eigenvalue weighted by atomic mass is 16.6. The first-order valence-electron chi connectivity index (χ1n) is 7.42. The Bertz CT molecular complexity index is 732. The number of anilines is 1. The maximum atomic E-state index is 12.0. The molecule has 0 spiro atoms. The van der Waals surface area contributed by atoms with E-state index in [4.69, 9.17) is 4.74 Å². The van der Waals surface area contributed by atoms with Crippen LogP contribution < -0.4 is 5.32 Å². The van der Waals surface area contributed by atoms with Crippen LogP contribution in [0.15, 0.2) is 48.9 Å². The summed E-state index contributed by atoms with van der Waals surface area (Å²) in [5, 5.41) is 2.68. The van der Waals surface area contributed by atoms with Crippen LogP contribution in [0.2, 0.25) is 0 Å². The summed E-state index contributed by atoms with van der Waals surface area (Å²) >= 11 is 0. The Morgan fingerprint density at radius 2 is 1.96 bits per heavy atom. The van der Waals surface area contributed by atoms with Crippen LogP contribution >= 0.6 is 0 Å².